The lowest BCUT2D eigenvalue weighted by Crippen LogP contribution is -2.20. The molecule has 0 spiro atoms. The zero-order valence-electron chi connectivity index (χ0n) is 16.5. The predicted octanol–water partition coefficient (Wildman–Crippen LogP) is 5.82. The average molecular weight is 466 g/mol. The Morgan fingerprint density at radius 2 is 1.90 bits per heavy atom. The van der Waals surface area contributed by atoms with Crippen molar-refractivity contribution in [1.29, 1.82) is 0 Å². The highest BCUT2D eigenvalue weighted by atomic mass is 79.9. The Morgan fingerprint density at radius 3 is 2.63 bits per heavy atom. The quantitative estimate of drug-likeness (QED) is 0.373. The van der Waals surface area contributed by atoms with Crippen molar-refractivity contribution in [3.05, 3.63) is 89.3 Å². The Bertz CT molecular complexity index is 1190. The van der Waals surface area contributed by atoms with Gasteiger partial charge in [-0.3, -0.25) is 9.97 Å². The van der Waals surface area contributed by atoms with Gasteiger partial charge in [-0.25, -0.2) is 9.07 Å². The maximum absolute atomic E-state index is 13.3. The van der Waals surface area contributed by atoms with Gasteiger partial charge in [0.15, 0.2) is 0 Å². The fourth-order valence-electron chi connectivity index (χ4n) is 3.49. The number of hydrogen-bond acceptors (Lipinski definition) is 4. The molecule has 0 aliphatic heterocycles. The SMILES string of the molecule is C=C(NC(CCC)c1cncc(Br)c1)c1cncc2c1cnn2-c1ccc(F)cc1. The summed E-state index contributed by atoms with van der Waals surface area (Å²) in [6.45, 7) is 6.42. The van der Waals surface area contributed by atoms with Crippen LogP contribution in [0.4, 0.5) is 4.39 Å². The van der Waals surface area contributed by atoms with Gasteiger partial charge in [0, 0.05) is 39.7 Å². The van der Waals surface area contributed by atoms with E-state index in [0.29, 0.717) is 0 Å². The van der Waals surface area contributed by atoms with Crippen LogP contribution in [0.3, 0.4) is 0 Å². The Labute approximate surface area is 182 Å². The second-order valence-electron chi connectivity index (χ2n) is 7.05. The van der Waals surface area contributed by atoms with Crippen molar-refractivity contribution in [1.82, 2.24) is 25.1 Å². The van der Waals surface area contributed by atoms with Crippen LogP contribution in [0.15, 0.2) is 72.4 Å². The molecule has 0 fully saturated rings. The first kappa shape index (κ1) is 20.2. The molecule has 5 nitrogen and oxygen atoms in total. The van der Waals surface area contributed by atoms with E-state index in [1.54, 1.807) is 41.6 Å². The maximum Gasteiger partial charge on any atom is 0.123 e. The maximum atomic E-state index is 13.3. The number of hydrogen-bond donors (Lipinski definition) is 1. The first-order valence-corrected chi connectivity index (χ1v) is 10.5. The molecule has 1 unspecified atom stereocenters. The van der Waals surface area contributed by atoms with Gasteiger partial charge in [-0.05, 0) is 58.2 Å². The lowest BCUT2D eigenvalue weighted by atomic mass is 10.0. The topological polar surface area (TPSA) is 55.6 Å². The van der Waals surface area contributed by atoms with Gasteiger partial charge in [0.1, 0.15) is 5.82 Å². The molecule has 0 saturated carbocycles. The molecule has 0 amide bonds. The van der Waals surface area contributed by atoms with Crippen molar-refractivity contribution < 1.29 is 4.39 Å². The number of nitrogens with one attached hydrogen (secondary N) is 1. The molecular weight excluding hydrogens is 445 g/mol. The molecule has 0 aliphatic carbocycles. The Balaban J connectivity index is 1.67. The summed E-state index contributed by atoms with van der Waals surface area (Å²) in [6, 6.07) is 8.37. The van der Waals surface area contributed by atoms with Gasteiger partial charge in [0.05, 0.1) is 29.6 Å². The number of nitrogens with zero attached hydrogens (tertiary/aromatic N) is 4. The van der Waals surface area contributed by atoms with E-state index < -0.39 is 0 Å². The molecule has 3 aromatic heterocycles. The van der Waals surface area contributed by atoms with Gasteiger partial charge in [-0.2, -0.15) is 5.10 Å². The smallest absolute Gasteiger partial charge is 0.123 e. The summed E-state index contributed by atoms with van der Waals surface area (Å²) >= 11 is 3.50. The van der Waals surface area contributed by atoms with Crippen LogP contribution in [0.25, 0.3) is 22.3 Å². The van der Waals surface area contributed by atoms with Crippen molar-refractivity contribution in [2.24, 2.45) is 0 Å². The van der Waals surface area contributed by atoms with Crippen molar-refractivity contribution in [3.8, 4) is 5.69 Å². The van der Waals surface area contributed by atoms with Crippen LogP contribution in [0.5, 0.6) is 0 Å². The Hall–Kier alpha value is -3.06. The van der Waals surface area contributed by atoms with E-state index in [9.17, 15) is 4.39 Å². The summed E-state index contributed by atoms with van der Waals surface area (Å²) in [4.78, 5) is 8.69. The third-order valence-electron chi connectivity index (χ3n) is 4.95. The van der Waals surface area contributed by atoms with Crippen LogP contribution >= 0.6 is 15.9 Å². The number of halogens is 2. The van der Waals surface area contributed by atoms with Crippen molar-refractivity contribution in [2.45, 2.75) is 25.8 Å². The predicted molar refractivity (Wildman–Crippen MR) is 121 cm³/mol. The summed E-state index contributed by atoms with van der Waals surface area (Å²) < 4.78 is 16.0. The number of benzene rings is 1. The first-order valence-electron chi connectivity index (χ1n) is 9.70. The van der Waals surface area contributed by atoms with Crippen molar-refractivity contribution in [3.63, 3.8) is 0 Å². The van der Waals surface area contributed by atoms with Crippen molar-refractivity contribution >= 4 is 32.5 Å². The molecule has 1 N–H and O–H groups in total. The van der Waals surface area contributed by atoms with E-state index in [2.05, 4.69) is 55.9 Å². The van der Waals surface area contributed by atoms with Crippen LogP contribution < -0.4 is 5.32 Å². The molecule has 30 heavy (non-hydrogen) atoms. The molecule has 4 aromatic rings. The van der Waals surface area contributed by atoms with Gasteiger partial charge >= 0.3 is 0 Å². The highest BCUT2D eigenvalue weighted by Gasteiger charge is 2.16. The van der Waals surface area contributed by atoms with Crippen molar-refractivity contribution in [2.75, 3.05) is 0 Å². The minimum Gasteiger partial charge on any atom is -0.378 e. The number of pyridine rings is 2. The van der Waals surface area contributed by atoms with E-state index in [1.807, 2.05) is 6.20 Å². The summed E-state index contributed by atoms with van der Waals surface area (Å²) in [5, 5.41) is 8.96. The fourth-order valence-corrected chi connectivity index (χ4v) is 3.87. The van der Waals surface area contributed by atoms with Gasteiger partial charge < -0.3 is 5.32 Å². The molecular formula is C23H21BrFN5. The van der Waals surface area contributed by atoms with Crippen LogP contribution in [-0.4, -0.2) is 19.7 Å². The zero-order valence-corrected chi connectivity index (χ0v) is 18.1. The number of fused-ring (bicyclic) bond motifs is 1. The summed E-state index contributed by atoms with van der Waals surface area (Å²) in [7, 11) is 0. The van der Waals surface area contributed by atoms with E-state index in [1.165, 1.54) is 12.1 Å². The van der Waals surface area contributed by atoms with Gasteiger partial charge in [0.2, 0.25) is 0 Å². The molecule has 4 rings (SSSR count). The highest BCUT2D eigenvalue weighted by molar-refractivity contribution is 9.10. The van der Waals surface area contributed by atoms with Gasteiger partial charge in [-0.1, -0.05) is 19.9 Å². The zero-order chi connectivity index (χ0) is 21.1. The third-order valence-corrected chi connectivity index (χ3v) is 5.38. The second-order valence-corrected chi connectivity index (χ2v) is 7.97. The minimum atomic E-state index is -0.282. The fraction of sp³-hybridized carbons (Fsp3) is 0.174. The molecule has 0 saturated heterocycles. The van der Waals surface area contributed by atoms with E-state index in [0.717, 1.165) is 50.7 Å². The summed E-state index contributed by atoms with van der Waals surface area (Å²) in [6.07, 6.45) is 10.9. The van der Waals surface area contributed by atoms with E-state index in [-0.39, 0.29) is 11.9 Å². The normalized spacial score (nSPS) is 12.1. The minimum absolute atomic E-state index is 0.0786. The lowest BCUT2D eigenvalue weighted by molar-refractivity contribution is 0.570. The third kappa shape index (κ3) is 4.11. The molecule has 0 radical (unpaired) electrons. The average Bonchev–Trinajstić information content (AvgIpc) is 3.18. The standard InChI is InChI=1S/C23H21BrFN5/c1-3-4-22(16-9-17(24)11-26-10-16)29-15(2)20-12-27-14-23-21(20)13-28-30(23)19-7-5-18(25)6-8-19/h5-14,22,29H,2-4H2,1H3. The molecule has 0 bridgehead atoms. The molecule has 152 valence electrons. The number of aromatic nitrogens is 4. The van der Waals surface area contributed by atoms with E-state index in [4.69, 9.17) is 0 Å². The summed E-state index contributed by atoms with van der Waals surface area (Å²) in [5.74, 6) is -0.282. The van der Waals surface area contributed by atoms with Gasteiger partial charge in [0.25, 0.3) is 0 Å². The lowest BCUT2D eigenvalue weighted by Gasteiger charge is -2.21. The highest BCUT2D eigenvalue weighted by Crippen LogP contribution is 2.28. The second kappa shape index (κ2) is 8.75. The molecule has 1 aromatic carbocycles. The number of rotatable bonds is 7. The molecule has 0 aliphatic rings. The Kier molecular flexibility index (Phi) is 5.90. The summed E-state index contributed by atoms with van der Waals surface area (Å²) in [5.41, 5.74) is 4.34. The Morgan fingerprint density at radius 1 is 1.13 bits per heavy atom. The molecule has 1 atom stereocenters. The molecule has 7 heteroatoms. The van der Waals surface area contributed by atoms with Gasteiger partial charge in [-0.15, -0.1) is 0 Å². The van der Waals surface area contributed by atoms with Crippen LogP contribution in [0.1, 0.15) is 36.9 Å². The van der Waals surface area contributed by atoms with Crippen LogP contribution in [0.2, 0.25) is 0 Å². The largest absolute Gasteiger partial charge is 0.378 e. The van der Waals surface area contributed by atoms with Crippen LogP contribution in [-0.2, 0) is 0 Å². The van der Waals surface area contributed by atoms with E-state index >= 15 is 0 Å². The monoisotopic (exact) mass is 465 g/mol. The first-order chi connectivity index (χ1) is 14.6. The van der Waals surface area contributed by atoms with Crippen LogP contribution in [0, 0.1) is 5.82 Å². The molecule has 3 heterocycles.